The number of hydrogen-bond acceptors (Lipinski definition) is 6. The summed E-state index contributed by atoms with van der Waals surface area (Å²) in [5.41, 5.74) is -0.551. The van der Waals surface area contributed by atoms with E-state index in [9.17, 15) is 22.2 Å². The molecule has 0 aromatic heterocycles. The number of halogens is 1. The van der Waals surface area contributed by atoms with Gasteiger partial charge in [-0.25, -0.2) is 17.6 Å². The highest BCUT2D eigenvalue weighted by molar-refractivity contribution is 7.85. The van der Waals surface area contributed by atoms with Gasteiger partial charge in [-0.3, -0.25) is 0 Å². The van der Waals surface area contributed by atoms with Crippen molar-refractivity contribution in [3.63, 3.8) is 0 Å². The van der Waals surface area contributed by atoms with Gasteiger partial charge in [0.25, 0.3) is 0 Å². The summed E-state index contributed by atoms with van der Waals surface area (Å²) in [5, 5.41) is 0. The van der Waals surface area contributed by atoms with E-state index in [1.165, 1.54) is 18.6 Å². The van der Waals surface area contributed by atoms with Crippen molar-refractivity contribution in [2.24, 2.45) is 5.92 Å². The predicted molar refractivity (Wildman–Crippen MR) is 92.5 cm³/mol. The zero-order valence-electron chi connectivity index (χ0n) is 15.0. The summed E-state index contributed by atoms with van der Waals surface area (Å²) in [6, 6.07) is 3.57. The summed E-state index contributed by atoms with van der Waals surface area (Å²) in [6.07, 6.45) is 5.46. The van der Waals surface area contributed by atoms with Crippen LogP contribution >= 0.6 is 0 Å². The first-order valence-corrected chi connectivity index (χ1v) is 10.3. The highest BCUT2D eigenvalue weighted by Gasteiger charge is 2.33. The van der Waals surface area contributed by atoms with Crippen LogP contribution in [0.3, 0.4) is 0 Å². The van der Waals surface area contributed by atoms with Crippen molar-refractivity contribution in [1.82, 2.24) is 0 Å². The SMILES string of the molecule is CC(C)(Oc1cc(C(=O)OCCS(=O)(=O)[O-])ccc1F)C1CCCCC1. The molecule has 0 atom stereocenters. The highest BCUT2D eigenvalue weighted by Crippen LogP contribution is 2.36. The molecule has 26 heavy (non-hydrogen) atoms. The van der Waals surface area contributed by atoms with Crippen molar-refractivity contribution in [3.8, 4) is 5.75 Å². The Morgan fingerprint density at radius 1 is 1.27 bits per heavy atom. The molecule has 0 bridgehead atoms. The predicted octanol–water partition coefficient (Wildman–Crippen LogP) is 3.27. The van der Waals surface area contributed by atoms with E-state index in [-0.39, 0.29) is 11.3 Å². The van der Waals surface area contributed by atoms with Crippen LogP contribution in [0.15, 0.2) is 18.2 Å². The second-order valence-electron chi connectivity index (χ2n) is 7.08. The molecule has 0 aliphatic heterocycles. The monoisotopic (exact) mass is 387 g/mol. The smallest absolute Gasteiger partial charge is 0.338 e. The molecule has 1 fully saturated rings. The fourth-order valence-electron chi connectivity index (χ4n) is 3.19. The van der Waals surface area contributed by atoms with Gasteiger partial charge >= 0.3 is 5.97 Å². The number of hydrogen-bond donors (Lipinski definition) is 0. The minimum atomic E-state index is -4.47. The molecule has 0 unspecified atom stereocenters. The zero-order valence-corrected chi connectivity index (χ0v) is 15.8. The van der Waals surface area contributed by atoms with E-state index in [1.807, 2.05) is 13.8 Å². The first-order chi connectivity index (χ1) is 12.1. The summed E-state index contributed by atoms with van der Waals surface area (Å²) in [6.45, 7) is 3.27. The molecule has 1 saturated carbocycles. The lowest BCUT2D eigenvalue weighted by atomic mass is 9.79. The second-order valence-corrected chi connectivity index (χ2v) is 8.61. The molecule has 8 heteroatoms. The molecule has 0 spiro atoms. The molecular formula is C18H24FO6S-. The maximum Gasteiger partial charge on any atom is 0.338 e. The molecule has 1 aliphatic carbocycles. The fraction of sp³-hybridized carbons (Fsp3) is 0.611. The average molecular weight is 387 g/mol. The van der Waals surface area contributed by atoms with Crippen molar-refractivity contribution in [3.05, 3.63) is 29.6 Å². The first kappa shape index (κ1) is 20.6. The van der Waals surface area contributed by atoms with Crippen LogP contribution in [0.1, 0.15) is 56.3 Å². The maximum atomic E-state index is 14.1. The second kappa shape index (κ2) is 8.35. The van der Waals surface area contributed by atoms with Crippen molar-refractivity contribution in [2.75, 3.05) is 12.4 Å². The topological polar surface area (TPSA) is 92.7 Å². The van der Waals surface area contributed by atoms with E-state index in [2.05, 4.69) is 0 Å². The van der Waals surface area contributed by atoms with Crippen molar-refractivity contribution in [2.45, 2.75) is 51.6 Å². The van der Waals surface area contributed by atoms with Gasteiger partial charge in [-0.05, 0) is 50.8 Å². The van der Waals surface area contributed by atoms with Gasteiger partial charge in [-0.15, -0.1) is 0 Å². The minimum Gasteiger partial charge on any atom is -0.748 e. The highest BCUT2D eigenvalue weighted by atomic mass is 32.2. The molecule has 1 aromatic rings. The van der Waals surface area contributed by atoms with Gasteiger partial charge in [-0.1, -0.05) is 19.3 Å². The van der Waals surface area contributed by atoms with E-state index in [0.29, 0.717) is 5.92 Å². The Kier molecular flexibility index (Phi) is 6.63. The quantitative estimate of drug-likeness (QED) is 0.527. The standard InChI is InChI=1S/C18H25FO6S/c1-18(2,14-6-4-3-5-7-14)25-16-12-13(8-9-15(16)19)17(20)24-10-11-26(21,22)23/h8-9,12,14H,3-7,10-11H2,1-2H3,(H,21,22,23)/p-1. The number of ether oxygens (including phenoxy) is 2. The van der Waals surface area contributed by atoms with Crippen LogP contribution in [0.4, 0.5) is 4.39 Å². The Balaban J connectivity index is 2.07. The Morgan fingerprint density at radius 2 is 1.92 bits per heavy atom. The summed E-state index contributed by atoms with van der Waals surface area (Å²) in [4.78, 5) is 12.0. The van der Waals surface area contributed by atoms with Gasteiger partial charge in [0.2, 0.25) is 0 Å². The van der Waals surface area contributed by atoms with Crippen molar-refractivity contribution < 1.29 is 31.6 Å². The Bertz CT molecular complexity index is 738. The van der Waals surface area contributed by atoms with Gasteiger partial charge in [0.05, 0.1) is 21.4 Å². The van der Waals surface area contributed by atoms with Gasteiger partial charge < -0.3 is 14.0 Å². The lowest BCUT2D eigenvalue weighted by Gasteiger charge is -2.37. The third-order valence-electron chi connectivity index (χ3n) is 4.69. The van der Waals surface area contributed by atoms with Crippen LogP contribution < -0.4 is 4.74 Å². The van der Waals surface area contributed by atoms with Crippen LogP contribution in [-0.2, 0) is 14.9 Å². The van der Waals surface area contributed by atoms with Gasteiger partial charge in [0.15, 0.2) is 11.6 Å². The van der Waals surface area contributed by atoms with Gasteiger partial charge in [-0.2, -0.15) is 0 Å². The molecule has 0 radical (unpaired) electrons. The largest absolute Gasteiger partial charge is 0.748 e. The summed E-state index contributed by atoms with van der Waals surface area (Å²) >= 11 is 0. The first-order valence-electron chi connectivity index (χ1n) is 8.68. The lowest BCUT2D eigenvalue weighted by molar-refractivity contribution is 0.0216. The summed E-state index contributed by atoms with van der Waals surface area (Å²) < 4.78 is 56.4. The maximum absolute atomic E-state index is 14.1. The Hall–Kier alpha value is -1.67. The molecule has 2 rings (SSSR count). The van der Waals surface area contributed by atoms with E-state index >= 15 is 0 Å². The molecule has 6 nitrogen and oxygen atoms in total. The number of benzene rings is 1. The van der Waals surface area contributed by atoms with Gasteiger partial charge in [0, 0.05) is 0 Å². The molecule has 1 aromatic carbocycles. The third-order valence-corrected chi connectivity index (χ3v) is 5.36. The minimum absolute atomic E-state index is 0.0316. The third kappa shape index (κ3) is 5.95. The van der Waals surface area contributed by atoms with Crippen LogP contribution in [0.25, 0.3) is 0 Å². The van der Waals surface area contributed by atoms with Crippen LogP contribution in [0, 0.1) is 11.7 Å². The van der Waals surface area contributed by atoms with E-state index in [1.54, 1.807) is 0 Å². The Labute approximate surface area is 153 Å². The van der Waals surface area contributed by atoms with Crippen molar-refractivity contribution in [1.29, 1.82) is 0 Å². The Morgan fingerprint density at radius 3 is 2.54 bits per heavy atom. The molecular weight excluding hydrogens is 363 g/mol. The van der Waals surface area contributed by atoms with E-state index in [0.717, 1.165) is 31.7 Å². The van der Waals surface area contributed by atoms with Gasteiger partial charge in [0.1, 0.15) is 12.2 Å². The summed E-state index contributed by atoms with van der Waals surface area (Å²) in [5.74, 6) is -1.99. The van der Waals surface area contributed by atoms with E-state index in [4.69, 9.17) is 9.47 Å². The molecule has 0 heterocycles. The van der Waals surface area contributed by atoms with Crippen molar-refractivity contribution >= 4 is 16.1 Å². The van der Waals surface area contributed by atoms with Crippen LogP contribution in [-0.4, -0.2) is 36.9 Å². The average Bonchev–Trinajstić information content (AvgIpc) is 2.56. The molecule has 146 valence electrons. The normalized spacial score (nSPS) is 16.3. The number of carbonyl (C=O) groups excluding carboxylic acids is 1. The lowest BCUT2D eigenvalue weighted by Crippen LogP contribution is -2.39. The number of esters is 1. The van der Waals surface area contributed by atoms with Crippen LogP contribution in [0.5, 0.6) is 5.75 Å². The summed E-state index contributed by atoms with van der Waals surface area (Å²) in [7, 11) is -4.47. The van der Waals surface area contributed by atoms with E-state index < -0.39 is 39.9 Å². The molecule has 0 N–H and O–H groups in total. The van der Waals surface area contributed by atoms with Crippen LogP contribution in [0.2, 0.25) is 0 Å². The molecule has 1 aliphatic rings. The fourth-order valence-corrected chi connectivity index (χ4v) is 3.48. The zero-order chi connectivity index (χ0) is 19.4. The molecule has 0 saturated heterocycles. The number of carbonyl (C=O) groups is 1. The number of rotatable bonds is 7. The molecule has 0 amide bonds.